The van der Waals surface area contributed by atoms with Crippen molar-refractivity contribution in [3.8, 4) is 0 Å². The van der Waals surface area contributed by atoms with Gasteiger partial charge in [-0.2, -0.15) is 0 Å². The maximum absolute atomic E-state index is 10.8. The van der Waals surface area contributed by atoms with Gasteiger partial charge >= 0.3 is 5.97 Å². The summed E-state index contributed by atoms with van der Waals surface area (Å²) >= 11 is 1.38. The third-order valence-corrected chi connectivity index (χ3v) is 2.75. The van der Waals surface area contributed by atoms with Gasteiger partial charge in [0.2, 0.25) is 0 Å². The lowest BCUT2D eigenvalue weighted by atomic mass is 10.2. The van der Waals surface area contributed by atoms with Crippen LogP contribution in [0.4, 0.5) is 0 Å². The maximum atomic E-state index is 10.8. The van der Waals surface area contributed by atoms with Gasteiger partial charge in [-0.25, -0.2) is 9.78 Å². The van der Waals surface area contributed by atoms with Crippen molar-refractivity contribution in [2.45, 2.75) is 9.92 Å². The van der Waals surface area contributed by atoms with Crippen molar-refractivity contribution in [1.82, 2.24) is 9.97 Å². The molecule has 0 unspecified atom stereocenters. The molecule has 5 heteroatoms. The van der Waals surface area contributed by atoms with Gasteiger partial charge in [0.25, 0.3) is 0 Å². The van der Waals surface area contributed by atoms with Crippen LogP contribution >= 0.6 is 11.8 Å². The first-order valence-electron chi connectivity index (χ1n) is 4.53. The first-order chi connectivity index (χ1) is 7.75. The van der Waals surface area contributed by atoms with Gasteiger partial charge in [-0.05, 0) is 18.2 Å². The predicted molar refractivity (Wildman–Crippen MR) is 59.6 cm³/mol. The van der Waals surface area contributed by atoms with E-state index in [1.165, 1.54) is 11.8 Å². The molecule has 0 amide bonds. The van der Waals surface area contributed by atoms with Gasteiger partial charge in [0.15, 0.2) is 0 Å². The van der Waals surface area contributed by atoms with Crippen molar-refractivity contribution < 1.29 is 9.90 Å². The topological polar surface area (TPSA) is 63.1 Å². The fourth-order valence-corrected chi connectivity index (χ4v) is 1.95. The van der Waals surface area contributed by atoms with Gasteiger partial charge in [0.05, 0.1) is 11.8 Å². The summed E-state index contributed by atoms with van der Waals surface area (Å²) in [7, 11) is 0. The standard InChI is InChI=1S/C11H8N2O2S/c14-11(15)8-2-1-3-9(6-8)16-10-7-12-4-5-13-10/h1-7H,(H,14,15). The van der Waals surface area contributed by atoms with Gasteiger partial charge in [-0.15, -0.1) is 0 Å². The first-order valence-corrected chi connectivity index (χ1v) is 5.34. The van der Waals surface area contributed by atoms with E-state index in [1.54, 1.807) is 36.8 Å². The number of rotatable bonds is 3. The van der Waals surface area contributed by atoms with E-state index < -0.39 is 5.97 Å². The molecule has 1 heterocycles. The highest BCUT2D eigenvalue weighted by Gasteiger charge is 2.04. The van der Waals surface area contributed by atoms with Gasteiger partial charge in [-0.3, -0.25) is 4.98 Å². The minimum Gasteiger partial charge on any atom is -0.478 e. The van der Waals surface area contributed by atoms with E-state index in [4.69, 9.17) is 5.11 Å². The summed E-state index contributed by atoms with van der Waals surface area (Å²) in [6.07, 6.45) is 4.83. The molecule has 0 spiro atoms. The predicted octanol–water partition coefficient (Wildman–Crippen LogP) is 2.33. The van der Waals surface area contributed by atoms with E-state index in [2.05, 4.69) is 9.97 Å². The lowest BCUT2D eigenvalue weighted by Crippen LogP contribution is -1.95. The van der Waals surface area contributed by atoms with Crippen LogP contribution in [0.2, 0.25) is 0 Å². The van der Waals surface area contributed by atoms with Crippen LogP contribution in [0.3, 0.4) is 0 Å². The molecule has 0 atom stereocenters. The zero-order valence-electron chi connectivity index (χ0n) is 8.20. The first kappa shape index (κ1) is 10.6. The minimum absolute atomic E-state index is 0.272. The molecule has 0 fully saturated rings. The molecular weight excluding hydrogens is 224 g/mol. The summed E-state index contributed by atoms with van der Waals surface area (Å²) in [5.41, 5.74) is 0.272. The third kappa shape index (κ3) is 2.58. The Morgan fingerprint density at radius 2 is 2.19 bits per heavy atom. The second-order valence-corrected chi connectivity index (χ2v) is 4.07. The van der Waals surface area contributed by atoms with Crippen molar-refractivity contribution >= 4 is 17.7 Å². The highest BCUT2D eigenvalue weighted by atomic mass is 32.2. The van der Waals surface area contributed by atoms with Crippen molar-refractivity contribution in [3.63, 3.8) is 0 Å². The Kier molecular flexibility index (Phi) is 3.16. The summed E-state index contributed by atoms with van der Waals surface area (Å²) in [5.74, 6) is -0.929. The highest BCUT2D eigenvalue weighted by molar-refractivity contribution is 7.99. The van der Waals surface area contributed by atoms with Crippen LogP contribution in [0.1, 0.15) is 10.4 Å². The van der Waals surface area contributed by atoms with E-state index in [1.807, 2.05) is 6.07 Å². The van der Waals surface area contributed by atoms with Crippen molar-refractivity contribution in [1.29, 1.82) is 0 Å². The van der Waals surface area contributed by atoms with Crippen molar-refractivity contribution in [2.24, 2.45) is 0 Å². The van der Waals surface area contributed by atoms with E-state index in [-0.39, 0.29) is 5.56 Å². The van der Waals surface area contributed by atoms with Crippen LogP contribution in [0.15, 0.2) is 52.8 Å². The van der Waals surface area contributed by atoms with Gasteiger partial charge < -0.3 is 5.11 Å². The van der Waals surface area contributed by atoms with E-state index in [9.17, 15) is 4.79 Å². The second-order valence-electron chi connectivity index (χ2n) is 2.98. The summed E-state index contributed by atoms with van der Waals surface area (Å²) in [5, 5.41) is 9.58. The SMILES string of the molecule is O=C(O)c1cccc(Sc2cnccn2)c1. The summed E-state index contributed by atoms with van der Waals surface area (Å²) in [6.45, 7) is 0. The molecule has 16 heavy (non-hydrogen) atoms. The Labute approximate surface area is 96.4 Å². The second kappa shape index (κ2) is 4.76. The van der Waals surface area contributed by atoms with Crippen molar-refractivity contribution in [3.05, 3.63) is 48.4 Å². The third-order valence-electron chi connectivity index (χ3n) is 1.84. The zero-order chi connectivity index (χ0) is 11.4. The lowest BCUT2D eigenvalue weighted by molar-refractivity contribution is 0.0696. The molecule has 1 aromatic carbocycles. The van der Waals surface area contributed by atoms with Crippen LogP contribution in [-0.4, -0.2) is 21.0 Å². The number of aromatic carboxylic acids is 1. The molecule has 0 radical (unpaired) electrons. The monoisotopic (exact) mass is 232 g/mol. The Balaban J connectivity index is 2.22. The Hall–Kier alpha value is -1.88. The minimum atomic E-state index is -0.929. The van der Waals surface area contributed by atoms with Crippen LogP contribution in [0, 0.1) is 0 Å². The number of hydrogen-bond acceptors (Lipinski definition) is 4. The molecular formula is C11H8N2O2S. The van der Waals surface area contributed by atoms with Gasteiger partial charge in [0, 0.05) is 17.3 Å². The molecule has 80 valence electrons. The zero-order valence-corrected chi connectivity index (χ0v) is 9.02. The number of benzene rings is 1. The molecule has 1 N–H and O–H groups in total. The van der Waals surface area contributed by atoms with Crippen LogP contribution in [-0.2, 0) is 0 Å². The number of carbonyl (C=O) groups is 1. The summed E-state index contributed by atoms with van der Waals surface area (Å²) in [4.78, 5) is 19.6. The number of aromatic nitrogens is 2. The number of carboxylic acids is 1. The van der Waals surface area contributed by atoms with Crippen LogP contribution < -0.4 is 0 Å². The molecule has 0 saturated heterocycles. The fourth-order valence-electron chi connectivity index (χ4n) is 1.15. The average molecular weight is 232 g/mol. The molecule has 0 bridgehead atoms. The molecule has 0 aliphatic heterocycles. The van der Waals surface area contributed by atoms with Crippen LogP contribution in [0.5, 0.6) is 0 Å². The molecule has 1 aromatic heterocycles. The quantitative estimate of drug-likeness (QED) is 0.879. The molecule has 0 saturated carbocycles. The molecule has 0 aliphatic carbocycles. The number of hydrogen-bond donors (Lipinski definition) is 1. The molecule has 4 nitrogen and oxygen atoms in total. The van der Waals surface area contributed by atoms with E-state index >= 15 is 0 Å². The maximum Gasteiger partial charge on any atom is 0.335 e. The normalized spacial score (nSPS) is 10.0. The largest absolute Gasteiger partial charge is 0.478 e. The Morgan fingerprint density at radius 1 is 1.31 bits per heavy atom. The average Bonchev–Trinajstić information content (AvgIpc) is 2.30. The highest BCUT2D eigenvalue weighted by Crippen LogP contribution is 2.25. The van der Waals surface area contributed by atoms with E-state index in [0.717, 1.165) is 9.92 Å². The number of carboxylic acid groups (broad SMARTS) is 1. The lowest BCUT2D eigenvalue weighted by Gasteiger charge is -2.01. The van der Waals surface area contributed by atoms with E-state index in [0.29, 0.717) is 0 Å². The molecule has 0 aliphatic rings. The fraction of sp³-hybridized carbons (Fsp3) is 0. The molecule has 2 aromatic rings. The van der Waals surface area contributed by atoms with Crippen molar-refractivity contribution in [2.75, 3.05) is 0 Å². The Morgan fingerprint density at radius 3 is 2.88 bits per heavy atom. The van der Waals surface area contributed by atoms with Gasteiger partial charge in [-0.1, -0.05) is 17.8 Å². The summed E-state index contributed by atoms with van der Waals surface area (Å²) in [6, 6.07) is 6.72. The van der Waals surface area contributed by atoms with Crippen LogP contribution in [0.25, 0.3) is 0 Å². The smallest absolute Gasteiger partial charge is 0.335 e. The number of nitrogens with zero attached hydrogens (tertiary/aromatic N) is 2. The van der Waals surface area contributed by atoms with Gasteiger partial charge in [0.1, 0.15) is 5.03 Å². The summed E-state index contributed by atoms with van der Waals surface area (Å²) < 4.78 is 0. The molecule has 2 rings (SSSR count). The Bertz CT molecular complexity index is 502.